The topological polar surface area (TPSA) is 121 Å². The van der Waals surface area contributed by atoms with Gasteiger partial charge in [-0.15, -0.1) is 0 Å². The van der Waals surface area contributed by atoms with Gasteiger partial charge in [0.2, 0.25) is 15.9 Å². The zero-order valence-corrected chi connectivity index (χ0v) is 23.0. The summed E-state index contributed by atoms with van der Waals surface area (Å²) in [5.74, 6) is -1.21. The number of halogens is 1. The van der Waals surface area contributed by atoms with Gasteiger partial charge in [0.05, 0.1) is 24.4 Å². The standard InChI is InChI=1S/C28H30ClN5O4S/c1-39(37,38)33-23-8-4-5-9-24(23)34-26(19-10-12-20(29)13-11-19)25(21-6-2-3-7-22(21)28(34)36)27(35)30-16-18-14-15-31-32-17-18/h2-3,6-7,10-15,17,23-26,33H,4-5,8-9,16H2,1H3,(H,30,35)/t23-,24-,25+,26-/m0/s1. The molecule has 0 unspecified atom stereocenters. The minimum Gasteiger partial charge on any atom is -0.351 e. The molecule has 0 radical (unpaired) electrons. The molecule has 1 aromatic heterocycles. The van der Waals surface area contributed by atoms with E-state index in [1.54, 1.807) is 47.6 Å². The van der Waals surface area contributed by atoms with Crippen molar-refractivity contribution in [3.05, 3.63) is 94.3 Å². The molecule has 11 heteroatoms. The Kier molecular flexibility index (Phi) is 7.97. The second-order valence-corrected chi connectivity index (χ2v) is 12.3. The Morgan fingerprint density at radius 3 is 2.51 bits per heavy atom. The van der Waals surface area contributed by atoms with E-state index in [1.807, 2.05) is 24.3 Å². The predicted molar refractivity (Wildman–Crippen MR) is 147 cm³/mol. The number of hydrogen-bond donors (Lipinski definition) is 2. The van der Waals surface area contributed by atoms with Crippen LogP contribution in [0.2, 0.25) is 5.02 Å². The average Bonchev–Trinajstić information content (AvgIpc) is 2.92. The van der Waals surface area contributed by atoms with E-state index in [1.165, 1.54) is 0 Å². The number of rotatable bonds is 7. The molecule has 1 aliphatic carbocycles. The number of amides is 2. The lowest BCUT2D eigenvalue weighted by Crippen LogP contribution is -2.59. The summed E-state index contributed by atoms with van der Waals surface area (Å²) in [7, 11) is -3.53. The van der Waals surface area contributed by atoms with Crippen LogP contribution >= 0.6 is 11.6 Å². The molecule has 1 aliphatic heterocycles. The number of aromatic nitrogens is 2. The van der Waals surface area contributed by atoms with Crippen molar-refractivity contribution < 1.29 is 18.0 Å². The monoisotopic (exact) mass is 567 g/mol. The number of nitrogens with zero attached hydrogens (tertiary/aromatic N) is 3. The molecule has 5 rings (SSSR count). The van der Waals surface area contributed by atoms with E-state index in [4.69, 9.17) is 11.6 Å². The lowest BCUT2D eigenvalue weighted by molar-refractivity contribution is -0.124. The Hall–Kier alpha value is -3.34. The molecule has 2 aromatic carbocycles. The van der Waals surface area contributed by atoms with E-state index < -0.39 is 34.1 Å². The highest BCUT2D eigenvalue weighted by Gasteiger charge is 2.48. The Bertz CT molecular complexity index is 1450. The van der Waals surface area contributed by atoms with Crippen molar-refractivity contribution in [1.29, 1.82) is 0 Å². The van der Waals surface area contributed by atoms with Crippen molar-refractivity contribution in [3.8, 4) is 0 Å². The van der Waals surface area contributed by atoms with Crippen molar-refractivity contribution in [1.82, 2.24) is 25.1 Å². The first-order valence-corrected chi connectivity index (χ1v) is 15.2. The van der Waals surface area contributed by atoms with E-state index in [2.05, 4.69) is 20.2 Å². The minimum atomic E-state index is -3.53. The fourth-order valence-corrected chi connectivity index (χ4v) is 6.74. The molecule has 4 atom stereocenters. The number of sulfonamides is 1. The van der Waals surface area contributed by atoms with Crippen LogP contribution in [-0.2, 0) is 21.4 Å². The third kappa shape index (κ3) is 5.98. The molecule has 0 bridgehead atoms. The zero-order valence-electron chi connectivity index (χ0n) is 21.5. The van der Waals surface area contributed by atoms with Crippen LogP contribution in [0.4, 0.5) is 0 Å². The number of nitrogens with one attached hydrogen (secondary N) is 2. The smallest absolute Gasteiger partial charge is 0.255 e. The van der Waals surface area contributed by atoms with Gasteiger partial charge in [0, 0.05) is 35.4 Å². The fraction of sp³-hybridized carbons (Fsp3) is 0.357. The second kappa shape index (κ2) is 11.4. The third-order valence-electron chi connectivity index (χ3n) is 7.43. The third-order valence-corrected chi connectivity index (χ3v) is 8.42. The number of hydrogen-bond acceptors (Lipinski definition) is 6. The largest absolute Gasteiger partial charge is 0.351 e. The number of carbonyl (C=O) groups excluding carboxylic acids is 2. The Morgan fingerprint density at radius 1 is 1.05 bits per heavy atom. The highest BCUT2D eigenvalue weighted by Crippen LogP contribution is 2.46. The van der Waals surface area contributed by atoms with Crippen molar-refractivity contribution in [2.45, 2.75) is 56.3 Å². The minimum absolute atomic E-state index is 0.222. The van der Waals surface area contributed by atoms with E-state index in [0.717, 1.165) is 30.2 Å². The van der Waals surface area contributed by atoms with Crippen molar-refractivity contribution in [2.24, 2.45) is 0 Å². The van der Waals surface area contributed by atoms with Gasteiger partial charge in [0.15, 0.2) is 0 Å². The number of fused-ring (bicyclic) bond motifs is 1. The summed E-state index contributed by atoms with van der Waals surface area (Å²) in [4.78, 5) is 30.0. The van der Waals surface area contributed by atoms with Crippen LogP contribution < -0.4 is 10.0 Å². The molecule has 39 heavy (non-hydrogen) atoms. The molecule has 2 heterocycles. The van der Waals surface area contributed by atoms with Crippen LogP contribution in [-0.4, -0.2) is 53.7 Å². The summed E-state index contributed by atoms with van der Waals surface area (Å²) >= 11 is 6.21. The molecule has 2 amide bonds. The summed E-state index contributed by atoms with van der Waals surface area (Å²) < 4.78 is 27.3. The first kappa shape index (κ1) is 27.2. The van der Waals surface area contributed by atoms with Gasteiger partial charge in [-0.05, 0) is 53.8 Å². The summed E-state index contributed by atoms with van der Waals surface area (Å²) in [5, 5.41) is 11.2. The summed E-state index contributed by atoms with van der Waals surface area (Å²) in [6, 6.07) is 14.5. The molecule has 0 spiro atoms. The van der Waals surface area contributed by atoms with Gasteiger partial charge >= 0.3 is 0 Å². The molecule has 3 aromatic rings. The van der Waals surface area contributed by atoms with Crippen molar-refractivity contribution >= 4 is 33.4 Å². The molecule has 204 valence electrons. The molecule has 1 fully saturated rings. The highest BCUT2D eigenvalue weighted by molar-refractivity contribution is 7.88. The van der Waals surface area contributed by atoms with Gasteiger partial charge in [0.25, 0.3) is 5.91 Å². The van der Waals surface area contributed by atoms with E-state index in [9.17, 15) is 18.0 Å². The second-order valence-electron chi connectivity index (χ2n) is 10.1. The van der Waals surface area contributed by atoms with Gasteiger partial charge in [-0.2, -0.15) is 10.2 Å². The Morgan fingerprint density at radius 2 is 1.79 bits per heavy atom. The lowest BCUT2D eigenvalue weighted by Gasteiger charge is -2.49. The molecular weight excluding hydrogens is 538 g/mol. The predicted octanol–water partition coefficient (Wildman–Crippen LogP) is 3.59. The molecular formula is C28H30ClN5O4S. The summed E-state index contributed by atoms with van der Waals surface area (Å²) in [6.45, 7) is 0.246. The maximum Gasteiger partial charge on any atom is 0.255 e. The SMILES string of the molecule is CS(=O)(=O)N[C@H]1CCCC[C@@H]1N1C(=O)c2ccccc2[C@@H](C(=O)NCc2ccnnc2)[C@@H]1c1ccc(Cl)cc1. The maximum atomic E-state index is 14.2. The van der Waals surface area contributed by atoms with Gasteiger partial charge in [-0.1, -0.05) is 54.8 Å². The fourth-order valence-electron chi connectivity index (χ4n) is 5.79. The lowest BCUT2D eigenvalue weighted by atomic mass is 9.76. The molecule has 1 saturated carbocycles. The Balaban J connectivity index is 1.62. The normalized spacial score (nSPS) is 23.2. The van der Waals surface area contributed by atoms with Gasteiger partial charge < -0.3 is 10.2 Å². The summed E-state index contributed by atoms with van der Waals surface area (Å²) in [5.41, 5.74) is 2.62. The maximum absolute atomic E-state index is 14.2. The van der Waals surface area contributed by atoms with Crippen LogP contribution in [0.5, 0.6) is 0 Å². The molecule has 2 N–H and O–H groups in total. The Labute approximate surface area is 233 Å². The number of benzene rings is 2. The van der Waals surface area contributed by atoms with E-state index >= 15 is 0 Å². The van der Waals surface area contributed by atoms with E-state index in [0.29, 0.717) is 29.0 Å². The summed E-state index contributed by atoms with van der Waals surface area (Å²) in [6.07, 6.45) is 7.18. The van der Waals surface area contributed by atoms with Gasteiger partial charge in [-0.3, -0.25) is 9.59 Å². The van der Waals surface area contributed by atoms with Crippen molar-refractivity contribution in [3.63, 3.8) is 0 Å². The van der Waals surface area contributed by atoms with Crippen LogP contribution in [0.25, 0.3) is 0 Å². The first-order chi connectivity index (χ1) is 18.7. The average molecular weight is 568 g/mol. The molecule has 2 aliphatic rings. The number of carbonyl (C=O) groups is 2. The van der Waals surface area contributed by atoms with Crippen LogP contribution in [0.15, 0.2) is 67.0 Å². The molecule has 0 saturated heterocycles. The zero-order chi connectivity index (χ0) is 27.6. The van der Waals surface area contributed by atoms with Gasteiger partial charge in [0.1, 0.15) is 0 Å². The van der Waals surface area contributed by atoms with Crippen LogP contribution in [0.1, 0.15) is 64.7 Å². The van der Waals surface area contributed by atoms with E-state index in [-0.39, 0.29) is 18.4 Å². The highest BCUT2D eigenvalue weighted by atomic mass is 35.5. The van der Waals surface area contributed by atoms with Crippen molar-refractivity contribution in [2.75, 3.05) is 6.26 Å². The van der Waals surface area contributed by atoms with Crippen LogP contribution in [0.3, 0.4) is 0 Å². The first-order valence-electron chi connectivity index (χ1n) is 12.9. The van der Waals surface area contributed by atoms with Crippen LogP contribution in [0, 0.1) is 0 Å². The van der Waals surface area contributed by atoms with Gasteiger partial charge in [-0.25, -0.2) is 13.1 Å². The quantitative estimate of drug-likeness (QED) is 0.450. The molecule has 9 nitrogen and oxygen atoms in total.